The molecule has 0 aliphatic rings. The number of benzene rings is 1. The average Bonchev–Trinajstić information content (AvgIpc) is 2.02. The van der Waals surface area contributed by atoms with E-state index < -0.39 is 11.4 Å². The Morgan fingerprint density at radius 2 is 2.07 bits per heavy atom. The van der Waals surface area contributed by atoms with Gasteiger partial charge < -0.3 is 5.11 Å². The highest BCUT2D eigenvalue weighted by molar-refractivity contribution is 6.31. The third-order valence-electron chi connectivity index (χ3n) is 1.86. The molecule has 1 aromatic carbocycles. The van der Waals surface area contributed by atoms with Gasteiger partial charge in [0.2, 0.25) is 0 Å². The van der Waals surface area contributed by atoms with Gasteiger partial charge in [0.15, 0.2) is 0 Å². The minimum Gasteiger partial charge on any atom is -0.386 e. The molecule has 0 fully saturated rings. The molecule has 0 amide bonds. The fourth-order valence-electron chi connectivity index (χ4n) is 1.13. The second-order valence-corrected chi connectivity index (χ2v) is 3.86. The first-order valence-corrected chi connectivity index (χ1v) is 4.36. The molecule has 0 atom stereocenters. The quantitative estimate of drug-likeness (QED) is 0.779. The fraction of sp³-hybridized carbons (Fsp3) is 0.300. The minimum absolute atomic E-state index is 0.0537. The summed E-state index contributed by atoms with van der Waals surface area (Å²) in [4.78, 5) is 0. The van der Waals surface area contributed by atoms with Crippen molar-refractivity contribution in [1.29, 1.82) is 5.26 Å². The second kappa shape index (κ2) is 3.56. The van der Waals surface area contributed by atoms with Crippen molar-refractivity contribution in [1.82, 2.24) is 0 Å². The molecule has 0 spiro atoms. The third-order valence-corrected chi connectivity index (χ3v) is 2.18. The Balaban J connectivity index is 3.46. The topological polar surface area (TPSA) is 44.0 Å². The van der Waals surface area contributed by atoms with Gasteiger partial charge in [-0.15, -0.1) is 0 Å². The molecule has 1 aromatic rings. The lowest BCUT2D eigenvalue weighted by atomic mass is 9.96. The summed E-state index contributed by atoms with van der Waals surface area (Å²) >= 11 is 5.61. The second-order valence-electron chi connectivity index (χ2n) is 3.45. The SMILES string of the molecule is CC(C)(O)c1ccc(Cl)c(C#N)c1F. The normalized spacial score (nSPS) is 11.1. The van der Waals surface area contributed by atoms with E-state index in [0.29, 0.717) is 0 Å². The van der Waals surface area contributed by atoms with Crippen LogP contribution in [0.15, 0.2) is 12.1 Å². The smallest absolute Gasteiger partial charge is 0.148 e. The lowest BCUT2D eigenvalue weighted by Crippen LogP contribution is -2.18. The van der Waals surface area contributed by atoms with E-state index in [0.717, 1.165) is 0 Å². The molecule has 1 N–H and O–H groups in total. The molecule has 4 heteroatoms. The Kier molecular flexibility index (Phi) is 2.79. The lowest BCUT2D eigenvalue weighted by molar-refractivity contribution is 0.0745. The van der Waals surface area contributed by atoms with Gasteiger partial charge >= 0.3 is 0 Å². The van der Waals surface area contributed by atoms with Crippen molar-refractivity contribution in [2.75, 3.05) is 0 Å². The van der Waals surface area contributed by atoms with E-state index in [1.165, 1.54) is 26.0 Å². The number of rotatable bonds is 1. The Morgan fingerprint density at radius 1 is 1.50 bits per heavy atom. The maximum atomic E-state index is 13.6. The molecular weight excluding hydrogens is 205 g/mol. The molecule has 0 radical (unpaired) electrons. The van der Waals surface area contributed by atoms with Crippen molar-refractivity contribution in [2.45, 2.75) is 19.4 Å². The van der Waals surface area contributed by atoms with E-state index in [1.807, 2.05) is 0 Å². The van der Waals surface area contributed by atoms with Crippen LogP contribution in [0.3, 0.4) is 0 Å². The molecule has 0 aliphatic carbocycles. The summed E-state index contributed by atoms with van der Waals surface area (Å²) in [6, 6.07) is 4.43. The van der Waals surface area contributed by atoms with Crippen LogP contribution < -0.4 is 0 Å². The van der Waals surface area contributed by atoms with Gasteiger partial charge in [0.25, 0.3) is 0 Å². The van der Waals surface area contributed by atoms with Gasteiger partial charge in [0.05, 0.1) is 10.6 Å². The van der Waals surface area contributed by atoms with Crippen LogP contribution in [0.5, 0.6) is 0 Å². The Labute approximate surface area is 86.5 Å². The first-order valence-electron chi connectivity index (χ1n) is 3.99. The molecule has 1 rings (SSSR count). The van der Waals surface area contributed by atoms with Gasteiger partial charge in [-0.2, -0.15) is 5.26 Å². The van der Waals surface area contributed by atoms with Gasteiger partial charge in [-0.05, 0) is 19.9 Å². The van der Waals surface area contributed by atoms with E-state index in [4.69, 9.17) is 16.9 Å². The maximum Gasteiger partial charge on any atom is 0.148 e. The van der Waals surface area contributed by atoms with E-state index in [2.05, 4.69) is 0 Å². The molecule has 0 bridgehead atoms. The van der Waals surface area contributed by atoms with Gasteiger partial charge in [-0.3, -0.25) is 0 Å². The molecule has 74 valence electrons. The van der Waals surface area contributed by atoms with Gasteiger partial charge in [0.1, 0.15) is 17.4 Å². The van der Waals surface area contributed by atoms with Crippen molar-refractivity contribution < 1.29 is 9.50 Å². The Bertz CT molecular complexity index is 404. The van der Waals surface area contributed by atoms with Gasteiger partial charge in [-0.1, -0.05) is 17.7 Å². The number of halogens is 2. The molecule has 0 aromatic heterocycles. The zero-order valence-corrected chi connectivity index (χ0v) is 8.56. The maximum absolute atomic E-state index is 13.6. The zero-order valence-electron chi connectivity index (χ0n) is 7.81. The fourth-order valence-corrected chi connectivity index (χ4v) is 1.32. The van der Waals surface area contributed by atoms with Crippen LogP contribution in [0.25, 0.3) is 0 Å². The van der Waals surface area contributed by atoms with Crippen LogP contribution in [0, 0.1) is 17.1 Å². The highest BCUT2D eigenvalue weighted by Crippen LogP contribution is 2.28. The predicted molar refractivity (Wildman–Crippen MR) is 51.4 cm³/mol. The summed E-state index contributed by atoms with van der Waals surface area (Å²) in [7, 11) is 0. The van der Waals surface area contributed by atoms with Crippen LogP contribution in [0.2, 0.25) is 5.02 Å². The summed E-state index contributed by atoms with van der Waals surface area (Å²) < 4.78 is 13.6. The molecule has 0 saturated carbocycles. The molecule has 2 nitrogen and oxygen atoms in total. The van der Waals surface area contributed by atoms with Crippen LogP contribution in [-0.4, -0.2) is 5.11 Å². The van der Waals surface area contributed by atoms with Crippen LogP contribution in [-0.2, 0) is 5.60 Å². The van der Waals surface area contributed by atoms with E-state index in [1.54, 1.807) is 6.07 Å². The first kappa shape index (κ1) is 11.0. The van der Waals surface area contributed by atoms with E-state index in [9.17, 15) is 9.50 Å². The number of nitrogens with zero attached hydrogens (tertiary/aromatic N) is 1. The van der Waals surface area contributed by atoms with Crippen LogP contribution in [0.1, 0.15) is 25.0 Å². The molecular formula is C10H9ClFNO. The minimum atomic E-state index is -1.32. The van der Waals surface area contributed by atoms with Crippen molar-refractivity contribution in [3.63, 3.8) is 0 Å². The van der Waals surface area contributed by atoms with Crippen LogP contribution >= 0.6 is 11.6 Å². The third kappa shape index (κ3) is 1.87. The summed E-state index contributed by atoms with van der Waals surface area (Å²) in [6.07, 6.45) is 0. The van der Waals surface area contributed by atoms with Crippen LogP contribution in [0.4, 0.5) is 4.39 Å². The average molecular weight is 214 g/mol. The largest absolute Gasteiger partial charge is 0.386 e. The standard InChI is InChI=1S/C10H9ClFNO/c1-10(2,14)7-3-4-8(11)6(5-13)9(7)12/h3-4,14H,1-2H3. The summed E-state index contributed by atoms with van der Waals surface area (Å²) in [5.74, 6) is -0.757. The lowest BCUT2D eigenvalue weighted by Gasteiger charge is -2.19. The summed E-state index contributed by atoms with van der Waals surface area (Å²) in [5.41, 5.74) is -1.48. The Morgan fingerprint density at radius 3 is 2.50 bits per heavy atom. The highest BCUT2D eigenvalue weighted by atomic mass is 35.5. The number of nitriles is 1. The number of aliphatic hydroxyl groups is 1. The molecule has 14 heavy (non-hydrogen) atoms. The Hall–Kier alpha value is -1.11. The summed E-state index contributed by atoms with van der Waals surface area (Å²) in [6.45, 7) is 2.89. The van der Waals surface area contributed by atoms with E-state index >= 15 is 0 Å². The van der Waals surface area contributed by atoms with Crippen molar-refractivity contribution in [2.24, 2.45) is 0 Å². The van der Waals surface area contributed by atoms with E-state index in [-0.39, 0.29) is 16.1 Å². The molecule has 0 aliphatic heterocycles. The number of hydrogen-bond acceptors (Lipinski definition) is 2. The highest BCUT2D eigenvalue weighted by Gasteiger charge is 2.23. The van der Waals surface area contributed by atoms with Gasteiger partial charge in [0, 0.05) is 5.56 Å². The molecule has 0 unspecified atom stereocenters. The van der Waals surface area contributed by atoms with Crippen molar-refractivity contribution in [3.05, 3.63) is 34.1 Å². The monoisotopic (exact) mass is 213 g/mol. The molecule has 0 heterocycles. The number of hydrogen-bond donors (Lipinski definition) is 1. The molecule has 0 saturated heterocycles. The first-order chi connectivity index (χ1) is 6.38. The van der Waals surface area contributed by atoms with Gasteiger partial charge in [-0.25, -0.2) is 4.39 Å². The van der Waals surface area contributed by atoms with Crippen molar-refractivity contribution in [3.8, 4) is 6.07 Å². The zero-order chi connectivity index (χ0) is 10.9. The van der Waals surface area contributed by atoms with Crippen molar-refractivity contribution >= 4 is 11.6 Å². The predicted octanol–water partition coefficient (Wildman–Crippen LogP) is 2.58. The summed E-state index contributed by atoms with van der Waals surface area (Å²) in [5, 5.41) is 18.3.